The average Bonchev–Trinajstić information content (AvgIpc) is 2.85. The van der Waals surface area contributed by atoms with Crippen molar-refractivity contribution < 1.29 is 26.7 Å². The van der Waals surface area contributed by atoms with E-state index in [-0.39, 0.29) is 17.1 Å². The third kappa shape index (κ3) is 5.65. The van der Waals surface area contributed by atoms with Crippen LogP contribution in [0.4, 0.5) is 25.8 Å². The molecule has 1 amide bonds. The molecule has 2 aliphatic heterocycles. The summed E-state index contributed by atoms with van der Waals surface area (Å²) in [5.41, 5.74) is 1.10. The first-order valence-corrected chi connectivity index (χ1v) is 12.7. The molecule has 2 saturated heterocycles. The van der Waals surface area contributed by atoms with E-state index >= 15 is 0 Å². The van der Waals surface area contributed by atoms with Gasteiger partial charge in [0.25, 0.3) is 0 Å². The molecule has 0 saturated carbocycles. The number of carbonyl (C=O) groups is 1. The van der Waals surface area contributed by atoms with Gasteiger partial charge in [-0.1, -0.05) is 6.42 Å². The summed E-state index contributed by atoms with van der Waals surface area (Å²) in [6, 6.07) is 7.76. The van der Waals surface area contributed by atoms with Crippen LogP contribution in [0, 0.1) is 11.6 Å². The maximum atomic E-state index is 13.9. The van der Waals surface area contributed by atoms with Crippen LogP contribution < -0.4 is 15.5 Å². The molecule has 2 aromatic rings. The zero-order chi connectivity index (χ0) is 24.1. The Morgan fingerprint density at radius 3 is 2.38 bits per heavy atom. The monoisotopic (exact) mass is 494 g/mol. The molecule has 34 heavy (non-hydrogen) atoms. The van der Waals surface area contributed by atoms with Crippen LogP contribution in [0.2, 0.25) is 0 Å². The van der Waals surface area contributed by atoms with Gasteiger partial charge >= 0.3 is 0 Å². The Kier molecular flexibility index (Phi) is 7.64. The summed E-state index contributed by atoms with van der Waals surface area (Å²) >= 11 is 0. The van der Waals surface area contributed by atoms with Crippen molar-refractivity contribution in [3.05, 3.63) is 48.0 Å². The summed E-state index contributed by atoms with van der Waals surface area (Å²) in [6.07, 6.45) is 2.67. The molecule has 0 atom stereocenters. The molecule has 0 radical (unpaired) electrons. The Bertz CT molecular complexity index is 1130. The van der Waals surface area contributed by atoms with Gasteiger partial charge in [-0.3, -0.25) is 4.79 Å². The zero-order valence-corrected chi connectivity index (χ0v) is 19.5. The number of nitrogens with one attached hydrogen (secondary N) is 2. The number of carbonyl (C=O) groups excluding carboxylic acids is 1. The number of ether oxygens (including phenoxy) is 1. The average molecular weight is 495 g/mol. The minimum atomic E-state index is -3.66. The van der Waals surface area contributed by atoms with Gasteiger partial charge in [0.1, 0.15) is 11.6 Å². The van der Waals surface area contributed by atoms with Crippen LogP contribution in [0.3, 0.4) is 0 Å². The van der Waals surface area contributed by atoms with Crippen molar-refractivity contribution in [1.29, 1.82) is 0 Å². The minimum absolute atomic E-state index is 0.136. The number of piperidine rings is 1. The second-order valence-electron chi connectivity index (χ2n) is 8.27. The van der Waals surface area contributed by atoms with Gasteiger partial charge in [-0.05, 0) is 43.2 Å². The summed E-state index contributed by atoms with van der Waals surface area (Å²) in [5, 5.41) is 5.40. The lowest BCUT2D eigenvalue weighted by molar-refractivity contribution is -0.114. The van der Waals surface area contributed by atoms with Crippen LogP contribution in [-0.2, 0) is 19.6 Å². The van der Waals surface area contributed by atoms with E-state index in [2.05, 4.69) is 15.5 Å². The number of halogens is 2. The predicted molar refractivity (Wildman–Crippen MR) is 126 cm³/mol. The Morgan fingerprint density at radius 1 is 0.941 bits per heavy atom. The molecule has 2 heterocycles. The van der Waals surface area contributed by atoms with Gasteiger partial charge in [-0.15, -0.1) is 0 Å². The van der Waals surface area contributed by atoms with Crippen molar-refractivity contribution in [2.24, 2.45) is 0 Å². The van der Waals surface area contributed by atoms with Crippen molar-refractivity contribution in [2.45, 2.75) is 24.2 Å². The second kappa shape index (κ2) is 10.7. The summed E-state index contributed by atoms with van der Waals surface area (Å²) < 4.78 is 60.3. The molecular formula is C23H28F2N4O4S. The molecule has 0 aromatic heterocycles. The zero-order valence-electron chi connectivity index (χ0n) is 18.7. The topological polar surface area (TPSA) is 91.0 Å². The fourth-order valence-electron chi connectivity index (χ4n) is 4.11. The van der Waals surface area contributed by atoms with Crippen molar-refractivity contribution in [2.75, 3.05) is 61.5 Å². The quantitative estimate of drug-likeness (QED) is 0.615. The predicted octanol–water partition coefficient (Wildman–Crippen LogP) is 3.03. The molecule has 2 aliphatic rings. The van der Waals surface area contributed by atoms with Crippen LogP contribution >= 0.6 is 0 Å². The molecule has 2 fully saturated rings. The third-order valence-electron chi connectivity index (χ3n) is 5.92. The van der Waals surface area contributed by atoms with Gasteiger partial charge in [0, 0.05) is 32.2 Å². The number of rotatable bonds is 7. The number of hydrogen-bond acceptors (Lipinski definition) is 6. The van der Waals surface area contributed by atoms with Gasteiger partial charge in [0.2, 0.25) is 15.9 Å². The van der Waals surface area contributed by atoms with Crippen LogP contribution in [0.25, 0.3) is 0 Å². The molecule has 8 nitrogen and oxygen atoms in total. The van der Waals surface area contributed by atoms with Crippen LogP contribution in [0.1, 0.15) is 19.3 Å². The number of hydrogen-bond donors (Lipinski definition) is 2. The number of amides is 1. The number of benzene rings is 2. The number of anilines is 3. The highest BCUT2D eigenvalue weighted by molar-refractivity contribution is 7.89. The first kappa shape index (κ1) is 24.4. The number of morpholine rings is 1. The Labute approximate surface area is 197 Å². The number of nitrogens with zero attached hydrogens (tertiary/aromatic N) is 2. The highest BCUT2D eigenvalue weighted by Crippen LogP contribution is 2.31. The lowest BCUT2D eigenvalue weighted by Crippen LogP contribution is -2.37. The van der Waals surface area contributed by atoms with E-state index in [4.69, 9.17) is 4.74 Å². The molecule has 184 valence electrons. The lowest BCUT2D eigenvalue weighted by Gasteiger charge is -2.31. The molecule has 4 rings (SSSR count). The van der Waals surface area contributed by atoms with E-state index in [0.29, 0.717) is 51.1 Å². The Balaban J connectivity index is 1.55. The first-order valence-electron chi connectivity index (χ1n) is 11.3. The molecule has 0 spiro atoms. The number of sulfonamides is 1. The van der Waals surface area contributed by atoms with Crippen molar-refractivity contribution in [3.8, 4) is 0 Å². The summed E-state index contributed by atoms with van der Waals surface area (Å²) in [5.74, 6) is -2.17. The van der Waals surface area contributed by atoms with E-state index in [1.807, 2.05) is 0 Å². The summed E-state index contributed by atoms with van der Waals surface area (Å²) in [6.45, 7) is 3.07. The lowest BCUT2D eigenvalue weighted by atomic mass is 10.2. The molecule has 0 aliphatic carbocycles. The third-order valence-corrected chi connectivity index (χ3v) is 7.81. The molecule has 0 bridgehead atoms. The highest BCUT2D eigenvalue weighted by Gasteiger charge is 2.27. The van der Waals surface area contributed by atoms with E-state index in [0.717, 1.165) is 37.1 Å². The fraction of sp³-hybridized carbons (Fsp3) is 0.435. The van der Waals surface area contributed by atoms with Gasteiger partial charge in [0.05, 0.1) is 41.7 Å². The maximum Gasteiger partial charge on any atom is 0.243 e. The SMILES string of the molecule is O=C(CNc1cc(S(=O)(=O)N2CCCCC2)ccc1N1CCOCC1)Nc1ccc(F)cc1F. The standard InChI is InChI=1S/C23H28F2N4O4S/c24-17-4-6-20(19(25)14-17)27-23(30)16-26-21-15-18(34(31,32)29-8-2-1-3-9-29)5-7-22(21)28-10-12-33-13-11-28/h4-7,14-15,26H,1-3,8-13,16H2,(H,27,30). The summed E-state index contributed by atoms with van der Waals surface area (Å²) in [4.78, 5) is 14.7. The fourth-order valence-corrected chi connectivity index (χ4v) is 5.66. The Morgan fingerprint density at radius 2 is 1.68 bits per heavy atom. The molecule has 2 N–H and O–H groups in total. The van der Waals surface area contributed by atoms with Crippen molar-refractivity contribution in [3.63, 3.8) is 0 Å². The second-order valence-corrected chi connectivity index (χ2v) is 10.2. The molecule has 11 heteroatoms. The normalized spacial score (nSPS) is 17.4. The molecule has 2 aromatic carbocycles. The summed E-state index contributed by atoms with van der Waals surface area (Å²) in [7, 11) is -3.66. The first-order chi connectivity index (χ1) is 16.3. The minimum Gasteiger partial charge on any atom is -0.378 e. The Hall–Kier alpha value is -2.76. The maximum absolute atomic E-state index is 13.9. The van der Waals surface area contributed by atoms with E-state index in [9.17, 15) is 22.0 Å². The van der Waals surface area contributed by atoms with E-state index in [1.165, 1.54) is 4.31 Å². The van der Waals surface area contributed by atoms with Crippen molar-refractivity contribution in [1.82, 2.24) is 4.31 Å². The van der Waals surface area contributed by atoms with Crippen LogP contribution in [-0.4, -0.2) is 64.6 Å². The highest BCUT2D eigenvalue weighted by atomic mass is 32.2. The van der Waals surface area contributed by atoms with Gasteiger partial charge < -0.3 is 20.3 Å². The molecule has 0 unspecified atom stereocenters. The van der Waals surface area contributed by atoms with Crippen molar-refractivity contribution >= 4 is 33.0 Å². The van der Waals surface area contributed by atoms with E-state index < -0.39 is 27.6 Å². The smallest absolute Gasteiger partial charge is 0.243 e. The van der Waals surface area contributed by atoms with E-state index in [1.54, 1.807) is 18.2 Å². The van der Waals surface area contributed by atoms with Gasteiger partial charge in [0.15, 0.2) is 0 Å². The largest absolute Gasteiger partial charge is 0.378 e. The van der Waals surface area contributed by atoms with Crippen LogP contribution in [0.5, 0.6) is 0 Å². The van der Waals surface area contributed by atoms with Crippen LogP contribution in [0.15, 0.2) is 41.3 Å². The molecular weight excluding hydrogens is 466 g/mol. The van der Waals surface area contributed by atoms with Gasteiger partial charge in [-0.2, -0.15) is 4.31 Å². The van der Waals surface area contributed by atoms with Gasteiger partial charge in [-0.25, -0.2) is 17.2 Å².